The van der Waals surface area contributed by atoms with Crippen molar-refractivity contribution in [3.05, 3.63) is 24.0 Å². The number of halogens is 1. The molecule has 0 fully saturated rings. The van der Waals surface area contributed by atoms with E-state index in [1.165, 1.54) is 18.2 Å². The van der Waals surface area contributed by atoms with Gasteiger partial charge in [0.1, 0.15) is 0 Å². The van der Waals surface area contributed by atoms with Crippen molar-refractivity contribution in [3.8, 4) is 5.75 Å². The quantitative estimate of drug-likeness (QED) is 0.780. The van der Waals surface area contributed by atoms with Crippen LogP contribution in [0.25, 0.3) is 0 Å². The van der Waals surface area contributed by atoms with Gasteiger partial charge < -0.3 is 14.8 Å². The fraction of sp³-hybridized carbons (Fsp3) is 0.500. The fourth-order valence-electron chi connectivity index (χ4n) is 1.26. The van der Waals surface area contributed by atoms with Crippen LogP contribution in [0.4, 0.5) is 4.39 Å². The highest BCUT2D eigenvalue weighted by atomic mass is 19.1. The fourth-order valence-corrected chi connectivity index (χ4v) is 1.26. The van der Waals surface area contributed by atoms with Crippen LogP contribution in [0.1, 0.15) is 27.2 Å². The van der Waals surface area contributed by atoms with E-state index in [1.54, 1.807) is 0 Å². The minimum absolute atomic E-state index is 0.0554. The van der Waals surface area contributed by atoms with Gasteiger partial charge in [-0.05, 0) is 29.4 Å². The van der Waals surface area contributed by atoms with Gasteiger partial charge >= 0.3 is 7.12 Å². The molecule has 1 aromatic carbocycles. The van der Waals surface area contributed by atoms with Crippen LogP contribution in [-0.4, -0.2) is 23.8 Å². The van der Waals surface area contributed by atoms with Gasteiger partial charge in [0.2, 0.25) is 0 Å². The average molecular weight is 240 g/mol. The molecule has 0 aromatic heterocycles. The highest BCUT2D eigenvalue weighted by Crippen LogP contribution is 2.20. The summed E-state index contributed by atoms with van der Waals surface area (Å²) in [6, 6.07) is 3.79. The molecule has 2 N–H and O–H groups in total. The summed E-state index contributed by atoms with van der Waals surface area (Å²) >= 11 is 0. The summed E-state index contributed by atoms with van der Waals surface area (Å²) in [5.74, 6) is -0.442. The van der Waals surface area contributed by atoms with E-state index >= 15 is 0 Å². The first-order valence-electron chi connectivity index (χ1n) is 5.58. The smallest absolute Gasteiger partial charge is 0.488 e. The molecule has 0 saturated carbocycles. The Labute approximate surface area is 101 Å². The maximum atomic E-state index is 13.4. The molecule has 0 unspecified atom stereocenters. The van der Waals surface area contributed by atoms with Gasteiger partial charge in [-0.25, -0.2) is 4.39 Å². The zero-order valence-electron chi connectivity index (χ0n) is 10.4. The van der Waals surface area contributed by atoms with Gasteiger partial charge in [0, 0.05) is 0 Å². The Morgan fingerprint density at radius 1 is 1.29 bits per heavy atom. The van der Waals surface area contributed by atoms with Crippen LogP contribution >= 0.6 is 0 Å². The second-order valence-corrected chi connectivity index (χ2v) is 5.22. The lowest BCUT2D eigenvalue weighted by atomic mass is 9.80. The molecule has 0 heterocycles. The number of ether oxygens (including phenoxy) is 1. The van der Waals surface area contributed by atoms with Crippen molar-refractivity contribution in [1.29, 1.82) is 0 Å². The number of hydrogen-bond donors (Lipinski definition) is 2. The van der Waals surface area contributed by atoms with Gasteiger partial charge in [0.25, 0.3) is 0 Å². The SMILES string of the molecule is CC(C)(C)CCOc1cc(B(O)O)ccc1F. The van der Waals surface area contributed by atoms with E-state index in [-0.39, 0.29) is 16.6 Å². The molecule has 0 spiro atoms. The lowest BCUT2D eigenvalue weighted by Gasteiger charge is -2.18. The third-order valence-electron chi connectivity index (χ3n) is 2.36. The maximum absolute atomic E-state index is 13.4. The van der Waals surface area contributed by atoms with E-state index in [9.17, 15) is 4.39 Å². The van der Waals surface area contributed by atoms with Gasteiger partial charge in [-0.15, -0.1) is 0 Å². The van der Waals surface area contributed by atoms with Crippen molar-refractivity contribution in [2.75, 3.05) is 6.61 Å². The summed E-state index contributed by atoms with van der Waals surface area (Å²) in [4.78, 5) is 0. The van der Waals surface area contributed by atoms with E-state index in [4.69, 9.17) is 14.8 Å². The van der Waals surface area contributed by atoms with Gasteiger partial charge in [-0.3, -0.25) is 0 Å². The zero-order chi connectivity index (χ0) is 13.1. The van der Waals surface area contributed by atoms with Crippen LogP contribution in [0.3, 0.4) is 0 Å². The monoisotopic (exact) mass is 240 g/mol. The van der Waals surface area contributed by atoms with Gasteiger partial charge in [-0.1, -0.05) is 26.8 Å². The Morgan fingerprint density at radius 3 is 2.47 bits per heavy atom. The molecular formula is C12H18BFO3. The second-order valence-electron chi connectivity index (χ2n) is 5.22. The van der Waals surface area contributed by atoms with E-state index < -0.39 is 12.9 Å². The Bertz CT molecular complexity index is 375. The van der Waals surface area contributed by atoms with Crippen molar-refractivity contribution >= 4 is 12.6 Å². The van der Waals surface area contributed by atoms with Gasteiger partial charge in [-0.2, -0.15) is 0 Å². The lowest BCUT2D eigenvalue weighted by Crippen LogP contribution is -2.29. The number of rotatable bonds is 4. The van der Waals surface area contributed by atoms with Gasteiger partial charge in [0.05, 0.1) is 6.61 Å². The molecule has 94 valence electrons. The molecule has 0 radical (unpaired) electrons. The summed E-state index contributed by atoms with van der Waals surface area (Å²) in [6.45, 7) is 6.60. The molecular weight excluding hydrogens is 222 g/mol. The molecule has 0 aliphatic rings. The Kier molecular flexibility index (Phi) is 4.54. The van der Waals surface area contributed by atoms with E-state index in [1.807, 2.05) is 0 Å². The first-order chi connectivity index (χ1) is 7.79. The molecule has 0 aliphatic carbocycles. The Balaban J connectivity index is 2.67. The van der Waals surface area contributed by atoms with Crippen LogP contribution in [-0.2, 0) is 0 Å². The van der Waals surface area contributed by atoms with Gasteiger partial charge in [0.15, 0.2) is 11.6 Å². The first kappa shape index (κ1) is 14.0. The zero-order valence-corrected chi connectivity index (χ0v) is 10.4. The van der Waals surface area contributed by atoms with Crippen molar-refractivity contribution < 1.29 is 19.2 Å². The highest BCUT2D eigenvalue weighted by Gasteiger charge is 2.15. The standard InChI is InChI=1S/C12H18BFO3/c1-12(2,3)6-7-17-11-8-9(13(15)16)4-5-10(11)14/h4-5,8,15-16H,6-7H2,1-3H3. The topological polar surface area (TPSA) is 49.7 Å². The lowest BCUT2D eigenvalue weighted by molar-refractivity contribution is 0.235. The van der Waals surface area contributed by atoms with Crippen LogP contribution in [0.2, 0.25) is 0 Å². The van der Waals surface area contributed by atoms with Crippen molar-refractivity contribution in [1.82, 2.24) is 0 Å². The molecule has 0 amide bonds. The van der Waals surface area contributed by atoms with Crippen LogP contribution in [0.5, 0.6) is 5.75 Å². The molecule has 0 atom stereocenters. The van der Waals surface area contributed by atoms with Crippen LogP contribution < -0.4 is 10.2 Å². The second kappa shape index (κ2) is 5.51. The molecule has 1 aromatic rings. The number of benzene rings is 1. The Hall–Kier alpha value is -1.07. The summed E-state index contributed by atoms with van der Waals surface area (Å²) in [5.41, 5.74) is 0.335. The largest absolute Gasteiger partial charge is 0.491 e. The molecule has 0 aliphatic heterocycles. The van der Waals surface area contributed by atoms with E-state index in [0.717, 1.165) is 6.42 Å². The Morgan fingerprint density at radius 2 is 1.94 bits per heavy atom. The third-order valence-corrected chi connectivity index (χ3v) is 2.36. The predicted molar refractivity (Wildman–Crippen MR) is 65.8 cm³/mol. The van der Waals surface area contributed by atoms with Crippen molar-refractivity contribution in [3.63, 3.8) is 0 Å². The maximum Gasteiger partial charge on any atom is 0.488 e. The minimum Gasteiger partial charge on any atom is -0.491 e. The molecule has 0 saturated heterocycles. The number of hydrogen-bond acceptors (Lipinski definition) is 3. The molecule has 5 heteroatoms. The van der Waals surface area contributed by atoms with Crippen LogP contribution in [0.15, 0.2) is 18.2 Å². The molecule has 1 rings (SSSR count). The summed E-state index contributed by atoms with van der Waals surface area (Å²) < 4.78 is 18.7. The highest BCUT2D eigenvalue weighted by molar-refractivity contribution is 6.58. The third kappa shape index (κ3) is 4.75. The van der Waals surface area contributed by atoms with E-state index in [0.29, 0.717) is 6.61 Å². The first-order valence-corrected chi connectivity index (χ1v) is 5.58. The molecule has 0 bridgehead atoms. The normalized spacial score (nSPS) is 11.4. The molecule has 17 heavy (non-hydrogen) atoms. The minimum atomic E-state index is -1.61. The van der Waals surface area contributed by atoms with Crippen molar-refractivity contribution in [2.24, 2.45) is 5.41 Å². The predicted octanol–water partition coefficient (Wildman–Crippen LogP) is 1.32. The molecule has 3 nitrogen and oxygen atoms in total. The van der Waals surface area contributed by atoms with Crippen LogP contribution in [0, 0.1) is 11.2 Å². The average Bonchev–Trinajstić information content (AvgIpc) is 2.18. The summed E-state index contributed by atoms with van der Waals surface area (Å²) in [7, 11) is -1.61. The van der Waals surface area contributed by atoms with Crippen molar-refractivity contribution in [2.45, 2.75) is 27.2 Å². The van der Waals surface area contributed by atoms with E-state index in [2.05, 4.69) is 20.8 Å². The summed E-state index contributed by atoms with van der Waals surface area (Å²) in [6.07, 6.45) is 0.790. The summed E-state index contributed by atoms with van der Waals surface area (Å²) in [5, 5.41) is 17.9.